The summed E-state index contributed by atoms with van der Waals surface area (Å²) in [5.41, 5.74) is 0. The molecule has 0 radical (unpaired) electrons. The van der Waals surface area contributed by atoms with Gasteiger partial charge in [0, 0.05) is 27.7 Å². The summed E-state index contributed by atoms with van der Waals surface area (Å²) in [5, 5.41) is 11.1. The Bertz CT molecular complexity index is 623. The van der Waals surface area contributed by atoms with Gasteiger partial charge in [-0.05, 0) is 18.5 Å². The topological polar surface area (TPSA) is 96.2 Å². The second kappa shape index (κ2) is 6.01. The lowest BCUT2D eigenvalue weighted by atomic mass is 10.2. The quantitative estimate of drug-likeness (QED) is 0.854. The number of rotatable bonds is 5. The number of ether oxygens (including phenoxy) is 1. The summed E-state index contributed by atoms with van der Waals surface area (Å²) in [5.74, 6) is 2.74. The van der Waals surface area contributed by atoms with E-state index < -0.39 is 0 Å². The van der Waals surface area contributed by atoms with Crippen LogP contribution < -0.4 is 4.90 Å². The van der Waals surface area contributed by atoms with Crippen molar-refractivity contribution in [2.75, 3.05) is 32.6 Å². The number of aromatic amines is 1. The molecule has 1 fully saturated rings. The molecule has 2 aromatic heterocycles. The molecule has 0 bridgehead atoms. The van der Waals surface area contributed by atoms with Crippen molar-refractivity contribution in [2.45, 2.75) is 32.0 Å². The van der Waals surface area contributed by atoms with Crippen molar-refractivity contribution in [3.05, 3.63) is 17.5 Å². The highest BCUT2D eigenvalue weighted by Crippen LogP contribution is 2.32. The Hall–Kier alpha value is -2.00. The molecule has 0 spiro atoms. The van der Waals surface area contributed by atoms with Gasteiger partial charge >= 0.3 is 0 Å². The first kappa shape index (κ1) is 14.9. The van der Waals surface area contributed by atoms with E-state index in [1.165, 1.54) is 0 Å². The van der Waals surface area contributed by atoms with Gasteiger partial charge in [-0.15, -0.1) is 0 Å². The summed E-state index contributed by atoms with van der Waals surface area (Å²) >= 11 is 0. The third kappa shape index (κ3) is 2.95. The van der Waals surface area contributed by atoms with E-state index >= 15 is 0 Å². The number of nitrogens with one attached hydrogen (secondary N) is 1. The summed E-state index contributed by atoms with van der Waals surface area (Å²) < 4.78 is 10.8. The normalized spacial score (nSPS) is 22.4. The van der Waals surface area contributed by atoms with E-state index in [1.54, 1.807) is 7.11 Å². The van der Waals surface area contributed by atoms with Crippen LogP contribution in [0.3, 0.4) is 0 Å². The number of hydrogen-bond acceptors (Lipinski definition) is 8. The number of likely N-dealkylation sites (tertiary alicyclic amines) is 1. The third-order valence-corrected chi connectivity index (χ3v) is 3.81. The SMILES string of the molecule is CO[C@@H]1C[C@@H](c2n[nH]c(C)n2)N(Cc2nc(N(C)C)no2)C1. The van der Waals surface area contributed by atoms with E-state index in [0.29, 0.717) is 18.4 Å². The molecule has 0 amide bonds. The fourth-order valence-electron chi connectivity index (χ4n) is 2.65. The molecule has 1 N–H and O–H groups in total. The summed E-state index contributed by atoms with van der Waals surface area (Å²) in [6.45, 7) is 3.23. The zero-order chi connectivity index (χ0) is 15.7. The zero-order valence-electron chi connectivity index (χ0n) is 13.3. The minimum absolute atomic E-state index is 0.0876. The molecule has 9 nitrogen and oxygen atoms in total. The molecule has 2 aromatic rings. The van der Waals surface area contributed by atoms with Crippen LogP contribution in [0.25, 0.3) is 0 Å². The minimum atomic E-state index is 0.0876. The van der Waals surface area contributed by atoms with Crippen LogP contribution in [-0.2, 0) is 11.3 Å². The summed E-state index contributed by atoms with van der Waals surface area (Å²) in [6.07, 6.45) is 1.00. The van der Waals surface area contributed by atoms with Gasteiger partial charge in [0.1, 0.15) is 5.82 Å². The Morgan fingerprint density at radius 2 is 2.23 bits per heavy atom. The highest BCUT2D eigenvalue weighted by atomic mass is 16.5. The van der Waals surface area contributed by atoms with Crippen LogP contribution in [0.5, 0.6) is 0 Å². The largest absolute Gasteiger partial charge is 0.380 e. The molecule has 2 atom stereocenters. The van der Waals surface area contributed by atoms with E-state index in [1.807, 2.05) is 25.9 Å². The Morgan fingerprint density at radius 3 is 2.82 bits per heavy atom. The lowest BCUT2D eigenvalue weighted by molar-refractivity contribution is 0.105. The monoisotopic (exact) mass is 307 g/mol. The fourth-order valence-corrected chi connectivity index (χ4v) is 2.65. The van der Waals surface area contributed by atoms with Crippen LogP contribution in [0.4, 0.5) is 5.95 Å². The fraction of sp³-hybridized carbons (Fsp3) is 0.692. The molecular weight excluding hydrogens is 286 g/mol. The highest BCUT2D eigenvalue weighted by Gasteiger charge is 2.36. The molecule has 0 unspecified atom stereocenters. The molecule has 1 aliphatic rings. The molecule has 0 aliphatic carbocycles. The maximum atomic E-state index is 5.50. The smallest absolute Gasteiger partial charge is 0.265 e. The molecule has 120 valence electrons. The van der Waals surface area contributed by atoms with Gasteiger partial charge in [0.25, 0.3) is 5.95 Å². The summed E-state index contributed by atoms with van der Waals surface area (Å²) in [7, 11) is 5.49. The second-order valence-corrected chi connectivity index (χ2v) is 5.70. The molecule has 9 heteroatoms. The molecule has 22 heavy (non-hydrogen) atoms. The van der Waals surface area contributed by atoms with Gasteiger partial charge in [-0.3, -0.25) is 10.00 Å². The Kier molecular flexibility index (Phi) is 4.08. The molecule has 3 heterocycles. The van der Waals surface area contributed by atoms with E-state index in [-0.39, 0.29) is 12.1 Å². The first-order valence-corrected chi connectivity index (χ1v) is 7.22. The maximum Gasteiger partial charge on any atom is 0.265 e. The number of nitrogens with zero attached hydrogens (tertiary/aromatic N) is 6. The van der Waals surface area contributed by atoms with Crippen LogP contribution in [0, 0.1) is 6.92 Å². The summed E-state index contributed by atoms with van der Waals surface area (Å²) in [6, 6.07) is 0.0876. The average molecular weight is 307 g/mol. The predicted molar refractivity (Wildman–Crippen MR) is 78.3 cm³/mol. The van der Waals surface area contributed by atoms with Crippen molar-refractivity contribution >= 4 is 5.95 Å². The van der Waals surface area contributed by atoms with Gasteiger partial charge < -0.3 is 14.2 Å². The van der Waals surface area contributed by atoms with Crippen molar-refractivity contribution in [3.63, 3.8) is 0 Å². The molecular formula is C13H21N7O2. The molecule has 0 aromatic carbocycles. The number of aromatic nitrogens is 5. The zero-order valence-corrected chi connectivity index (χ0v) is 13.3. The highest BCUT2D eigenvalue weighted by molar-refractivity contribution is 5.23. The van der Waals surface area contributed by atoms with Crippen molar-refractivity contribution in [1.82, 2.24) is 30.2 Å². The van der Waals surface area contributed by atoms with Gasteiger partial charge in [0.15, 0.2) is 5.82 Å². The summed E-state index contributed by atoms with van der Waals surface area (Å²) in [4.78, 5) is 12.8. The Morgan fingerprint density at radius 1 is 1.41 bits per heavy atom. The first-order chi connectivity index (χ1) is 10.6. The number of methoxy groups -OCH3 is 1. The van der Waals surface area contributed by atoms with Crippen LogP contribution in [0.15, 0.2) is 4.52 Å². The Balaban J connectivity index is 1.76. The number of anilines is 1. The van der Waals surface area contributed by atoms with Crippen LogP contribution in [0.2, 0.25) is 0 Å². The lowest BCUT2D eigenvalue weighted by Crippen LogP contribution is -2.25. The van der Waals surface area contributed by atoms with Crippen molar-refractivity contribution in [2.24, 2.45) is 0 Å². The molecule has 1 saturated heterocycles. The number of hydrogen-bond donors (Lipinski definition) is 1. The second-order valence-electron chi connectivity index (χ2n) is 5.70. The van der Waals surface area contributed by atoms with E-state index in [4.69, 9.17) is 9.26 Å². The standard InChI is InChI=1S/C13H21N7O2/c1-8-14-12(17-16-8)10-5-9(21-4)6-20(10)7-11-15-13(18-22-11)19(2)3/h9-10H,5-7H2,1-4H3,(H,14,16,17)/t9-,10+/m1/s1. The van der Waals surface area contributed by atoms with E-state index in [2.05, 4.69) is 30.2 Å². The van der Waals surface area contributed by atoms with Gasteiger partial charge in [-0.2, -0.15) is 10.1 Å². The minimum Gasteiger partial charge on any atom is -0.380 e. The van der Waals surface area contributed by atoms with Gasteiger partial charge in [-0.1, -0.05) is 0 Å². The number of aryl methyl sites for hydroxylation is 1. The van der Waals surface area contributed by atoms with Gasteiger partial charge in [0.2, 0.25) is 5.89 Å². The predicted octanol–water partition coefficient (Wildman–Crippen LogP) is 0.524. The van der Waals surface area contributed by atoms with Crippen LogP contribution >= 0.6 is 0 Å². The molecule has 3 rings (SSSR count). The Labute approximate surface area is 128 Å². The van der Waals surface area contributed by atoms with Crippen molar-refractivity contribution < 1.29 is 9.26 Å². The number of H-pyrrole nitrogens is 1. The van der Waals surface area contributed by atoms with Gasteiger partial charge in [-0.25, -0.2) is 4.98 Å². The van der Waals surface area contributed by atoms with Crippen LogP contribution in [-0.4, -0.2) is 64.1 Å². The van der Waals surface area contributed by atoms with E-state index in [9.17, 15) is 0 Å². The van der Waals surface area contributed by atoms with Crippen LogP contribution in [0.1, 0.15) is 30.0 Å². The third-order valence-electron chi connectivity index (χ3n) is 3.81. The van der Waals surface area contributed by atoms with E-state index in [0.717, 1.165) is 24.6 Å². The van der Waals surface area contributed by atoms with Crippen molar-refractivity contribution in [1.29, 1.82) is 0 Å². The molecule has 0 saturated carbocycles. The van der Waals surface area contributed by atoms with Crippen molar-refractivity contribution in [3.8, 4) is 0 Å². The van der Waals surface area contributed by atoms with Gasteiger partial charge in [0.05, 0.1) is 18.7 Å². The average Bonchev–Trinajstić information content (AvgIpc) is 3.18. The maximum absolute atomic E-state index is 5.50. The lowest BCUT2D eigenvalue weighted by Gasteiger charge is -2.19. The molecule has 1 aliphatic heterocycles. The first-order valence-electron chi connectivity index (χ1n) is 7.22.